The van der Waals surface area contributed by atoms with Gasteiger partial charge in [-0.05, 0) is 61.3 Å². The van der Waals surface area contributed by atoms with Crippen molar-refractivity contribution < 1.29 is 13.2 Å². The Bertz CT molecular complexity index is 523. The zero-order chi connectivity index (χ0) is 13.8. The summed E-state index contributed by atoms with van der Waals surface area (Å²) < 4.78 is 38.9. The Labute approximate surface area is 110 Å². The Morgan fingerprint density at radius 1 is 1.16 bits per heavy atom. The van der Waals surface area contributed by atoms with Crippen LogP contribution in [-0.4, -0.2) is 0 Å². The highest BCUT2D eigenvalue weighted by molar-refractivity contribution is 5.23. The van der Waals surface area contributed by atoms with Gasteiger partial charge in [-0.1, -0.05) is 6.07 Å². The molecule has 4 heteroatoms. The molecule has 0 spiro atoms. The van der Waals surface area contributed by atoms with Crippen LogP contribution in [0.4, 0.5) is 13.2 Å². The highest BCUT2D eigenvalue weighted by Crippen LogP contribution is 2.37. The van der Waals surface area contributed by atoms with Gasteiger partial charge in [0.15, 0.2) is 17.5 Å². The molecule has 19 heavy (non-hydrogen) atoms. The van der Waals surface area contributed by atoms with Gasteiger partial charge >= 0.3 is 0 Å². The highest BCUT2D eigenvalue weighted by atomic mass is 19.2. The third-order valence-electron chi connectivity index (χ3n) is 3.68. The van der Waals surface area contributed by atoms with Gasteiger partial charge in [0.2, 0.25) is 0 Å². The summed E-state index contributed by atoms with van der Waals surface area (Å²) in [7, 11) is 0. The first-order valence-electron chi connectivity index (χ1n) is 6.32. The SMILES string of the molecule is N#CC(F)=C[C@H]1CC[C@H](c2ccc(F)c(F)c2)CC1. The normalized spacial score (nSPS) is 24.0. The van der Waals surface area contributed by atoms with Crippen molar-refractivity contribution in [2.24, 2.45) is 5.92 Å². The molecule has 1 aromatic carbocycles. The molecule has 0 radical (unpaired) electrons. The number of halogens is 3. The van der Waals surface area contributed by atoms with Crippen LogP contribution >= 0.6 is 0 Å². The average molecular weight is 265 g/mol. The van der Waals surface area contributed by atoms with Crippen LogP contribution in [-0.2, 0) is 0 Å². The molecule has 1 saturated carbocycles. The van der Waals surface area contributed by atoms with Gasteiger partial charge in [0.25, 0.3) is 0 Å². The lowest BCUT2D eigenvalue weighted by Gasteiger charge is -2.27. The van der Waals surface area contributed by atoms with Crippen molar-refractivity contribution in [1.82, 2.24) is 0 Å². The first-order valence-corrected chi connectivity index (χ1v) is 6.32. The van der Waals surface area contributed by atoms with Crippen LogP contribution in [0.3, 0.4) is 0 Å². The molecule has 0 amide bonds. The topological polar surface area (TPSA) is 23.8 Å². The largest absolute Gasteiger partial charge is 0.204 e. The van der Waals surface area contributed by atoms with Gasteiger partial charge in [0.05, 0.1) is 0 Å². The van der Waals surface area contributed by atoms with Gasteiger partial charge in [-0.15, -0.1) is 0 Å². The van der Waals surface area contributed by atoms with E-state index in [1.807, 2.05) is 0 Å². The second-order valence-electron chi connectivity index (χ2n) is 4.91. The lowest BCUT2D eigenvalue weighted by atomic mass is 9.78. The summed E-state index contributed by atoms with van der Waals surface area (Å²) >= 11 is 0. The summed E-state index contributed by atoms with van der Waals surface area (Å²) in [6, 6.07) is 5.47. The number of hydrogen-bond acceptors (Lipinski definition) is 1. The standard InChI is InChI=1S/C15H14F3N/c16-13(9-19)7-10-1-3-11(4-2-10)12-5-6-14(17)15(18)8-12/h5-8,10-11H,1-4H2/t10-,11-. The van der Waals surface area contributed by atoms with E-state index in [0.717, 1.165) is 37.3 Å². The molecule has 1 nitrogen and oxygen atoms in total. The first-order chi connectivity index (χ1) is 9.10. The van der Waals surface area contributed by atoms with E-state index in [4.69, 9.17) is 5.26 Å². The van der Waals surface area contributed by atoms with Crippen LogP contribution in [0.15, 0.2) is 30.1 Å². The van der Waals surface area contributed by atoms with E-state index in [1.54, 1.807) is 6.07 Å². The fourth-order valence-electron chi connectivity index (χ4n) is 2.63. The van der Waals surface area contributed by atoms with Gasteiger partial charge in [-0.2, -0.15) is 9.65 Å². The predicted octanol–water partition coefficient (Wildman–Crippen LogP) is 4.62. The quantitative estimate of drug-likeness (QED) is 0.716. The number of benzene rings is 1. The predicted molar refractivity (Wildman–Crippen MR) is 65.9 cm³/mol. The minimum atomic E-state index is -0.837. The van der Waals surface area contributed by atoms with Crippen molar-refractivity contribution in [2.75, 3.05) is 0 Å². The lowest BCUT2D eigenvalue weighted by Crippen LogP contribution is -2.12. The molecule has 1 aliphatic rings. The molecule has 0 saturated heterocycles. The number of hydrogen-bond donors (Lipinski definition) is 0. The minimum Gasteiger partial charge on any atom is -0.204 e. The highest BCUT2D eigenvalue weighted by Gasteiger charge is 2.22. The van der Waals surface area contributed by atoms with Gasteiger partial charge in [0, 0.05) is 0 Å². The monoisotopic (exact) mass is 265 g/mol. The molecule has 0 aromatic heterocycles. The van der Waals surface area contributed by atoms with E-state index >= 15 is 0 Å². The van der Waals surface area contributed by atoms with Crippen LogP contribution in [0.25, 0.3) is 0 Å². The zero-order valence-corrected chi connectivity index (χ0v) is 10.4. The summed E-state index contributed by atoms with van der Waals surface area (Å²) in [5.41, 5.74) is 0.794. The molecule has 0 unspecified atom stereocenters. The Morgan fingerprint density at radius 3 is 2.42 bits per heavy atom. The van der Waals surface area contributed by atoms with Crippen LogP contribution in [0.1, 0.15) is 37.2 Å². The summed E-state index contributed by atoms with van der Waals surface area (Å²) in [6.07, 6.45) is 4.48. The molecule has 1 aromatic rings. The average Bonchev–Trinajstić information content (AvgIpc) is 2.42. The third-order valence-corrected chi connectivity index (χ3v) is 3.68. The first kappa shape index (κ1) is 13.7. The van der Waals surface area contributed by atoms with Crippen molar-refractivity contribution in [3.05, 3.63) is 47.3 Å². The molecule has 0 atom stereocenters. The fraction of sp³-hybridized carbons (Fsp3) is 0.400. The lowest BCUT2D eigenvalue weighted by molar-refractivity contribution is 0.370. The summed E-state index contributed by atoms with van der Waals surface area (Å²) in [5.74, 6) is -2.14. The molecule has 0 heterocycles. The van der Waals surface area contributed by atoms with Gasteiger partial charge < -0.3 is 0 Å². The Kier molecular flexibility index (Phi) is 4.26. The maximum atomic E-state index is 13.2. The van der Waals surface area contributed by atoms with E-state index in [0.29, 0.717) is 0 Å². The summed E-state index contributed by atoms with van der Waals surface area (Å²) in [5, 5.41) is 8.38. The molecular formula is C15H14F3N. The molecule has 0 aliphatic heterocycles. The van der Waals surface area contributed by atoms with Crippen molar-refractivity contribution in [2.45, 2.75) is 31.6 Å². The third kappa shape index (κ3) is 3.37. The Hall–Kier alpha value is -1.76. The van der Waals surface area contributed by atoms with E-state index in [-0.39, 0.29) is 11.8 Å². The number of allylic oxidation sites excluding steroid dienone is 2. The maximum Gasteiger partial charge on any atom is 0.196 e. The van der Waals surface area contributed by atoms with Crippen LogP contribution in [0.2, 0.25) is 0 Å². The molecule has 1 fully saturated rings. The second-order valence-corrected chi connectivity index (χ2v) is 4.91. The van der Waals surface area contributed by atoms with Crippen LogP contribution in [0.5, 0.6) is 0 Å². The van der Waals surface area contributed by atoms with E-state index in [9.17, 15) is 13.2 Å². The summed E-state index contributed by atoms with van der Waals surface area (Å²) in [4.78, 5) is 0. The van der Waals surface area contributed by atoms with Crippen LogP contribution < -0.4 is 0 Å². The van der Waals surface area contributed by atoms with E-state index in [1.165, 1.54) is 18.2 Å². The van der Waals surface area contributed by atoms with Crippen molar-refractivity contribution >= 4 is 0 Å². The molecule has 1 aliphatic carbocycles. The molecule has 0 bridgehead atoms. The van der Waals surface area contributed by atoms with Gasteiger partial charge in [-0.25, -0.2) is 8.78 Å². The van der Waals surface area contributed by atoms with Gasteiger partial charge in [-0.3, -0.25) is 0 Å². The molecule has 100 valence electrons. The Balaban J connectivity index is 2.00. The fourth-order valence-corrected chi connectivity index (χ4v) is 2.63. The summed E-state index contributed by atoms with van der Waals surface area (Å²) in [6.45, 7) is 0. The van der Waals surface area contributed by atoms with E-state index < -0.39 is 17.5 Å². The van der Waals surface area contributed by atoms with Gasteiger partial charge in [0.1, 0.15) is 6.07 Å². The number of rotatable bonds is 2. The maximum absolute atomic E-state index is 13.2. The van der Waals surface area contributed by atoms with E-state index in [2.05, 4.69) is 0 Å². The molecule has 0 N–H and O–H groups in total. The van der Waals surface area contributed by atoms with Crippen molar-refractivity contribution in [1.29, 1.82) is 5.26 Å². The number of nitriles is 1. The van der Waals surface area contributed by atoms with Crippen molar-refractivity contribution in [3.8, 4) is 6.07 Å². The Morgan fingerprint density at radius 2 is 1.84 bits per heavy atom. The second kappa shape index (κ2) is 5.92. The molecule has 2 rings (SSSR count). The minimum absolute atomic E-state index is 0.0706. The zero-order valence-electron chi connectivity index (χ0n) is 10.4. The van der Waals surface area contributed by atoms with Crippen molar-refractivity contribution in [3.63, 3.8) is 0 Å². The number of nitrogens with zero attached hydrogens (tertiary/aromatic N) is 1. The van der Waals surface area contributed by atoms with Crippen LogP contribution in [0, 0.1) is 28.9 Å². The smallest absolute Gasteiger partial charge is 0.196 e. The molecular weight excluding hydrogens is 251 g/mol.